The van der Waals surface area contributed by atoms with E-state index in [1.807, 2.05) is 12.1 Å². The summed E-state index contributed by atoms with van der Waals surface area (Å²) in [5.74, 6) is 0.330. The van der Waals surface area contributed by atoms with Gasteiger partial charge in [0.05, 0.1) is 0 Å². The second-order valence-electron chi connectivity index (χ2n) is 6.27. The van der Waals surface area contributed by atoms with E-state index in [0.717, 1.165) is 25.0 Å². The van der Waals surface area contributed by atoms with Crippen molar-refractivity contribution < 1.29 is 9.84 Å². The summed E-state index contributed by atoms with van der Waals surface area (Å²) in [5, 5.41) is 11.8. The number of hydrogen-bond donors (Lipinski definition) is 1. The number of piperidine rings is 1. The van der Waals surface area contributed by atoms with Crippen molar-refractivity contribution >= 4 is 10.8 Å². The molecular weight excluding hydrogens is 274 g/mol. The Morgan fingerprint density at radius 2 is 1.95 bits per heavy atom. The highest BCUT2D eigenvalue weighted by atomic mass is 16.5. The van der Waals surface area contributed by atoms with Crippen molar-refractivity contribution in [2.24, 2.45) is 0 Å². The van der Waals surface area contributed by atoms with Crippen LogP contribution in [0.4, 0.5) is 0 Å². The number of methoxy groups -OCH3 is 1. The van der Waals surface area contributed by atoms with Crippen LogP contribution in [-0.2, 0) is 11.3 Å². The molecule has 0 bridgehead atoms. The Bertz CT molecular complexity index is 626. The van der Waals surface area contributed by atoms with Gasteiger partial charge in [-0.2, -0.15) is 0 Å². The molecule has 0 radical (unpaired) electrons. The summed E-state index contributed by atoms with van der Waals surface area (Å²) in [4.78, 5) is 2.60. The maximum atomic E-state index is 9.56. The molecule has 0 aromatic heterocycles. The van der Waals surface area contributed by atoms with Gasteiger partial charge in [-0.1, -0.05) is 24.6 Å². The van der Waals surface area contributed by atoms with E-state index in [-0.39, 0.29) is 0 Å². The second-order valence-corrected chi connectivity index (χ2v) is 6.27. The van der Waals surface area contributed by atoms with Crippen LogP contribution in [0.5, 0.6) is 5.75 Å². The van der Waals surface area contributed by atoms with Crippen LogP contribution < -0.4 is 0 Å². The Morgan fingerprint density at radius 3 is 2.82 bits per heavy atom. The Morgan fingerprint density at radius 1 is 1.14 bits per heavy atom. The molecular formula is C19H25NO2. The zero-order valence-electron chi connectivity index (χ0n) is 13.3. The van der Waals surface area contributed by atoms with Gasteiger partial charge in [0.2, 0.25) is 0 Å². The first-order chi connectivity index (χ1) is 10.8. The van der Waals surface area contributed by atoms with Gasteiger partial charge >= 0.3 is 0 Å². The predicted molar refractivity (Wildman–Crippen MR) is 90.2 cm³/mol. The van der Waals surface area contributed by atoms with Crippen LogP contribution in [0.2, 0.25) is 0 Å². The number of aromatic hydroxyl groups is 1. The van der Waals surface area contributed by atoms with Crippen molar-refractivity contribution in [3.63, 3.8) is 0 Å². The van der Waals surface area contributed by atoms with E-state index in [9.17, 15) is 5.11 Å². The first kappa shape index (κ1) is 15.3. The largest absolute Gasteiger partial charge is 0.508 e. The number of likely N-dealkylation sites (tertiary alicyclic amines) is 1. The van der Waals surface area contributed by atoms with Crippen LogP contribution in [-0.4, -0.2) is 36.3 Å². The number of fused-ring (bicyclic) bond motifs is 1. The lowest BCUT2D eigenvalue weighted by atomic mass is 9.98. The smallest absolute Gasteiger partial charge is 0.116 e. The highest BCUT2D eigenvalue weighted by Crippen LogP contribution is 2.25. The van der Waals surface area contributed by atoms with Gasteiger partial charge in [-0.15, -0.1) is 0 Å². The van der Waals surface area contributed by atoms with Crippen molar-refractivity contribution in [3.05, 3.63) is 42.0 Å². The average molecular weight is 299 g/mol. The van der Waals surface area contributed by atoms with Crippen LogP contribution in [0.3, 0.4) is 0 Å². The molecule has 3 rings (SSSR count). The molecule has 1 fully saturated rings. The van der Waals surface area contributed by atoms with E-state index in [0.29, 0.717) is 11.8 Å². The van der Waals surface area contributed by atoms with Gasteiger partial charge < -0.3 is 9.84 Å². The summed E-state index contributed by atoms with van der Waals surface area (Å²) in [6.45, 7) is 3.03. The Labute approximate surface area is 132 Å². The third kappa shape index (κ3) is 3.60. The minimum atomic E-state index is 0.330. The predicted octanol–water partition coefficient (Wildman–Crippen LogP) is 3.94. The Balaban J connectivity index is 1.74. The summed E-state index contributed by atoms with van der Waals surface area (Å²) in [7, 11) is 1.78. The molecule has 3 nitrogen and oxygen atoms in total. The summed E-state index contributed by atoms with van der Waals surface area (Å²) >= 11 is 0. The van der Waals surface area contributed by atoms with Crippen molar-refractivity contribution in [3.8, 4) is 5.75 Å². The van der Waals surface area contributed by atoms with E-state index >= 15 is 0 Å². The highest BCUT2D eigenvalue weighted by Gasteiger charge is 2.22. The highest BCUT2D eigenvalue weighted by molar-refractivity contribution is 5.84. The standard InChI is InChI=1S/C19H25NO2/c1-22-11-9-18-4-2-3-10-20(18)14-15-5-6-17-13-19(21)8-7-16(17)12-15/h5-8,12-13,18,21H,2-4,9-11,14H2,1H3/t18-/m1/s1. The number of phenolic OH excluding ortho intramolecular Hbond substituents is 1. The molecule has 1 N–H and O–H groups in total. The normalized spacial score (nSPS) is 19.6. The molecule has 0 saturated carbocycles. The number of phenols is 1. The molecule has 0 unspecified atom stereocenters. The molecule has 1 aliphatic rings. The summed E-state index contributed by atoms with van der Waals surface area (Å²) in [6.07, 6.45) is 5.04. The Hall–Kier alpha value is -1.58. The molecule has 0 amide bonds. The zero-order chi connectivity index (χ0) is 15.4. The van der Waals surface area contributed by atoms with Crippen molar-refractivity contribution in [1.29, 1.82) is 0 Å². The van der Waals surface area contributed by atoms with E-state index in [2.05, 4.69) is 23.1 Å². The van der Waals surface area contributed by atoms with Crippen LogP contribution >= 0.6 is 0 Å². The van der Waals surface area contributed by atoms with Gasteiger partial charge in [-0.25, -0.2) is 0 Å². The first-order valence-electron chi connectivity index (χ1n) is 8.21. The second kappa shape index (κ2) is 7.12. The molecule has 1 aliphatic heterocycles. The molecule has 2 aromatic rings. The van der Waals surface area contributed by atoms with Crippen LogP contribution in [0.25, 0.3) is 10.8 Å². The van der Waals surface area contributed by atoms with Crippen molar-refractivity contribution in [2.75, 3.05) is 20.3 Å². The minimum absolute atomic E-state index is 0.330. The summed E-state index contributed by atoms with van der Waals surface area (Å²) in [6, 6.07) is 12.8. The number of benzene rings is 2. The fraction of sp³-hybridized carbons (Fsp3) is 0.474. The fourth-order valence-corrected chi connectivity index (χ4v) is 3.46. The minimum Gasteiger partial charge on any atom is -0.508 e. The number of nitrogens with zero attached hydrogens (tertiary/aromatic N) is 1. The molecule has 1 heterocycles. The average Bonchev–Trinajstić information content (AvgIpc) is 2.54. The van der Waals surface area contributed by atoms with Crippen molar-refractivity contribution in [1.82, 2.24) is 4.90 Å². The first-order valence-corrected chi connectivity index (χ1v) is 8.21. The summed E-state index contributed by atoms with van der Waals surface area (Å²) in [5.41, 5.74) is 1.35. The third-order valence-electron chi connectivity index (χ3n) is 4.68. The SMILES string of the molecule is COCC[C@H]1CCCCN1Cc1ccc2cc(O)ccc2c1. The van der Waals surface area contributed by atoms with Gasteiger partial charge in [0.15, 0.2) is 0 Å². The Kier molecular flexibility index (Phi) is 4.96. The molecule has 0 aliphatic carbocycles. The topological polar surface area (TPSA) is 32.7 Å². The molecule has 3 heteroatoms. The molecule has 2 aromatic carbocycles. The van der Waals surface area contributed by atoms with E-state index < -0.39 is 0 Å². The third-order valence-corrected chi connectivity index (χ3v) is 4.68. The van der Waals surface area contributed by atoms with Crippen LogP contribution in [0.15, 0.2) is 36.4 Å². The van der Waals surface area contributed by atoms with Crippen LogP contribution in [0.1, 0.15) is 31.2 Å². The molecule has 1 saturated heterocycles. The van der Waals surface area contributed by atoms with Gasteiger partial charge in [0.25, 0.3) is 0 Å². The monoisotopic (exact) mass is 299 g/mol. The fourth-order valence-electron chi connectivity index (χ4n) is 3.46. The van der Waals surface area contributed by atoms with Gasteiger partial charge in [-0.3, -0.25) is 4.90 Å². The van der Waals surface area contributed by atoms with Gasteiger partial charge in [0, 0.05) is 26.3 Å². The molecule has 118 valence electrons. The van der Waals surface area contributed by atoms with Gasteiger partial charge in [-0.05, 0) is 60.3 Å². The van der Waals surface area contributed by atoms with E-state index in [4.69, 9.17) is 4.74 Å². The van der Waals surface area contributed by atoms with E-state index in [1.54, 1.807) is 13.2 Å². The summed E-state index contributed by atoms with van der Waals surface area (Å²) < 4.78 is 5.26. The maximum absolute atomic E-state index is 9.56. The number of ether oxygens (including phenoxy) is 1. The van der Waals surface area contributed by atoms with Gasteiger partial charge in [0.1, 0.15) is 5.75 Å². The molecule has 1 atom stereocenters. The molecule has 22 heavy (non-hydrogen) atoms. The molecule has 0 spiro atoms. The lowest BCUT2D eigenvalue weighted by Gasteiger charge is -2.35. The number of hydrogen-bond acceptors (Lipinski definition) is 3. The van der Waals surface area contributed by atoms with Crippen LogP contribution in [0, 0.1) is 0 Å². The lowest BCUT2D eigenvalue weighted by Crippen LogP contribution is -2.39. The zero-order valence-corrected chi connectivity index (χ0v) is 13.3. The maximum Gasteiger partial charge on any atom is 0.116 e. The van der Waals surface area contributed by atoms with Crippen molar-refractivity contribution in [2.45, 2.75) is 38.3 Å². The lowest BCUT2D eigenvalue weighted by molar-refractivity contribution is 0.0974. The number of rotatable bonds is 5. The quantitative estimate of drug-likeness (QED) is 0.908. The van der Waals surface area contributed by atoms with E-state index in [1.165, 1.54) is 36.8 Å².